The molecule has 2 nitrogen and oxygen atoms in total. The molecule has 2 heteroatoms. The van der Waals surface area contributed by atoms with E-state index in [4.69, 9.17) is 0 Å². The van der Waals surface area contributed by atoms with Crippen molar-refractivity contribution in [3.63, 3.8) is 0 Å². The summed E-state index contributed by atoms with van der Waals surface area (Å²) < 4.78 is 1.74. The molecule has 106 valence electrons. The van der Waals surface area contributed by atoms with Gasteiger partial charge in [0.1, 0.15) is 0 Å². The molecule has 0 aliphatic heterocycles. The molecule has 0 saturated heterocycles. The lowest BCUT2D eigenvalue weighted by molar-refractivity contribution is 0.808. The first-order chi connectivity index (χ1) is 9.41. The summed E-state index contributed by atoms with van der Waals surface area (Å²) in [6.45, 7) is 10.5. The Hall–Kier alpha value is -1.83. The van der Waals surface area contributed by atoms with Crippen LogP contribution in [-0.2, 0) is 0 Å². The van der Waals surface area contributed by atoms with Gasteiger partial charge in [0.25, 0.3) is 5.56 Å². The average molecular weight is 269 g/mol. The molecule has 0 radical (unpaired) electrons. The predicted octanol–water partition coefficient (Wildman–Crippen LogP) is 4.39. The molecule has 1 heterocycles. The second-order valence-electron chi connectivity index (χ2n) is 5.99. The van der Waals surface area contributed by atoms with Gasteiger partial charge >= 0.3 is 0 Å². The van der Waals surface area contributed by atoms with Crippen LogP contribution in [0.4, 0.5) is 0 Å². The summed E-state index contributed by atoms with van der Waals surface area (Å²) in [6, 6.07) is 10.3. The van der Waals surface area contributed by atoms with Crippen molar-refractivity contribution < 1.29 is 0 Å². The molecule has 0 amide bonds. The minimum Gasteiger partial charge on any atom is -0.284 e. The fourth-order valence-electron chi connectivity index (χ4n) is 2.57. The van der Waals surface area contributed by atoms with E-state index in [1.165, 1.54) is 5.56 Å². The number of rotatable bonds is 3. The number of aryl methyl sites for hydroxylation is 1. The third-order valence-electron chi connectivity index (χ3n) is 3.76. The number of benzene rings is 1. The number of hydrogen-bond donors (Lipinski definition) is 0. The molecule has 0 atom stereocenters. The lowest BCUT2D eigenvalue weighted by Crippen LogP contribution is -2.23. The molecule has 0 aliphatic rings. The molecule has 2 aromatic rings. The lowest BCUT2D eigenvalue weighted by Gasteiger charge is -2.14. The van der Waals surface area contributed by atoms with E-state index in [0.717, 1.165) is 16.8 Å². The highest BCUT2D eigenvalue weighted by molar-refractivity contribution is 5.38. The van der Waals surface area contributed by atoms with Gasteiger partial charge in [0, 0.05) is 17.4 Å². The highest BCUT2D eigenvalue weighted by Crippen LogP contribution is 2.18. The summed E-state index contributed by atoms with van der Waals surface area (Å²) in [5.74, 6) is 0.745. The SMILES string of the molecule is Cc1ccn(-c2ccc(C(C)C)cc2)c(=O)c1C(C)C. The second-order valence-corrected chi connectivity index (χ2v) is 5.99. The van der Waals surface area contributed by atoms with Crippen LogP contribution in [0.3, 0.4) is 0 Å². The van der Waals surface area contributed by atoms with Crippen LogP contribution in [0.25, 0.3) is 5.69 Å². The molecular formula is C18H23NO. The zero-order chi connectivity index (χ0) is 14.9. The van der Waals surface area contributed by atoms with E-state index >= 15 is 0 Å². The van der Waals surface area contributed by atoms with Gasteiger partial charge in [0.2, 0.25) is 0 Å². The maximum absolute atomic E-state index is 12.6. The van der Waals surface area contributed by atoms with E-state index in [2.05, 4.69) is 39.8 Å². The fourth-order valence-corrected chi connectivity index (χ4v) is 2.57. The third kappa shape index (κ3) is 2.69. The highest BCUT2D eigenvalue weighted by atomic mass is 16.1. The van der Waals surface area contributed by atoms with E-state index in [1.807, 2.05) is 31.3 Å². The Labute approximate surface area is 121 Å². The smallest absolute Gasteiger partial charge is 0.258 e. The first-order valence-corrected chi connectivity index (χ1v) is 7.24. The first-order valence-electron chi connectivity index (χ1n) is 7.24. The molecule has 1 aromatic carbocycles. The molecule has 1 aromatic heterocycles. The average Bonchev–Trinajstić information content (AvgIpc) is 2.38. The topological polar surface area (TPSA) is 22.0 Å². The van der Waals surface area contributed by atoms with Crippen molar-refractivity contribution >= 4 is 0 Å². The monoisotopic (exact) mass is 269 g/mol. The predicted molar refractivity (Wildman–Crippen MR) is 85.0 cm³/mol. The van der Waals surface area contributed by atoms with Gasteiger partial charge in [-0.1, -0.05) is 39.8 Å². The Balaban J connectivity index is 2.53. The van der Waals surface area contributed by atoms with Gasteiger partial charge in [-0.25, -0.2) is 0 Å². The molecule has 0 N–H and O–H groups in total. The Morgan fingerprint density at radius 3 is 2.00 bits per heavy atom. The normalized spacial score (nSPS) is 11.3. The van der Waals surface area contributed by atoms with Crippen molar-refractivity contribution in [1.82, 2.24) is 4.57 Å². The van der Waals surface area contributed by atoms with Crippen LogP contribution in [0, 0.1) is 6.92 Å². The number of aromatic nitrogens is 1. The first kappa shape index (κ1) is 14.6. The van der Waals surface area contributed by atoms with Gasteiger partial charge in [-0.05, 0) is 48.1 Å². The molecule has 0 saturated carbocycles. The molecule has 0 fully saturated rings. The van der Waals surface area contributed by atoms with Crippen molar-refractivity contribution in [1.29, 1.82) is 0 Å². The molecule has 0 bridgehead atoms. The van der Waals surface area contributed by atoms with Crippen LogP contribution in [0.5, 0.6) is 0 Å². The van der Waals surface area contributed by atoms with Gasteiger partial charge < -0.3 is 0 Å². The Morgan fingerprint density at radius 2 is 1.50 bits per heavy atom. The van der Waals surface area contributed by atoms with Crippen LogP contribution in [0.15, 0.2) is 41.3 Å². The van der Waals surface area contributed by atoms with Crippen molar-refractivity contribution in [3.8, 4) is 5.69 Å². The lowest BCUT2D eigenvalue weighted by atomic mass is 10.00. The summed E-state index contributed by atoms with van der Waals surface area (Å²) in [5, 5.41) is 0. The Morgan fingerprint density at radius 1 is 0.900 bits per heavy atom. The van der Waals surface area contributed by atoms with Gasteiger partial charge in [-0.2, -0.15) is 0 Å². The molecule has 20 heavy (non-hydrogen) atoms. The molecular weight excluding hydrogens is 246 g/mol. The number of pyridine rings is 1. The maximum atomic E-state index is 12.6. The van der Waals surface area contributed by atoms with Crippen LogP contribution >= 0.6 is 0 Å². The van der Waals surface area contributed by atoms with Gasteiger partial charge in [-0.3, -0.25) is 9.36 Å². The van der Waals surface area contributed by atoms with Crippen molar-refractivity contribution in [2.45, 2.75) is 46.5 Å². The van der Waals surface area contributed by atoms with Gasteiger partial charge in [0.05, 0.1) is 0 Å². The van der Waals surface area contributed by atoms with Gasteiger partial charge in [-0.15, -0.1) is 0 Å². The zero-order valence-corrected chi connectivity index (χ0v) is 13.0. The summed E-state index contributed by atoms with van der Waals surface area (Å²) >= 11 is 0. The van der Waals surface area contributed by atoms with Crippen LogP contribution in [0.1, 0.15) is 56.2 Å². The molecule has 0 aliphatic carbocycles. The van der Waals surface area contributed by atoms with E-state index < -0.39 is 0 Å². The maximum Gasteiger partial charge on any atom is 0.258 e. The van der Waals surface area contributed by atoms with Crippen molar-refractivity contribution in [3.05, 3.63) is 63.6 Å². The summed E-state index contributed by atoms with van der Waals surface area (Å²) in [6.07, 6.45) is 1.87. The van der Waals surface area contributed by atoms with Gasteiger partial charge in [0.15, 0.2) is 0 Å². The summed E-state index contributed by atoms with van der Waals surface area (Å²) in [5.41, 5.74) is 4.29. The zero-order valence-electron chi connectivity index (χ0n) is 13.0. The second kappa shape index (κ2) is 5.66. The number of hydrogen-bond acceptors (Lipinski definition) is 1. The Kier molecular flexibility index (Phi) is 4.12. The fraction of sp³-hybridized carbons (Fsp3) is 0.389. The quantitative estimate of drug-likeness (QED) is 0.810. The Bertz CT molecular complexity index is 648. The van der Waals surface area contributed by atoms with Crippen LogP contribution in [0.2, 0.25) is 0 Å². The van der Waals surface area contributed by atoms with Crippen molar-refractivity contribution in [2.24, 2.45) is 0 Å². The highest BCUT2D eigenvalue weighted by Gasteiger charge is 2.11. The molecule has 0 unspecified atom stereocenters. The van der Waals surface area contributed by atoms with E-state index in [-0.39, 0.29) is 11.5 Å². The molecule has 2 rings (SSSR count). The van der Waals surface area contributed by atoms with E-state index in [9.17, 15) is 4.79 Å². The number of nitrogens with zero attached hydrogens (tertiary/aromatic N) is 1. The minimum atomic E-state index is 0.0947. The van der Waals surface area contributed by atoms with Crippen LogP contribution in [-0.4, -0.2) is 4.57 Å². The summed E-state index contributed by atoms with van der Waals surface area (Å²) in [7, 11) is 0. The van der Waals surface area contributed by atoms with Crippen molar-refractivity contribution in [2.75, 3.05) is 0 Å². The summed E-state index contributed by atoms with van der Waals surface area (Å²) in [4.78, 5) is 12.6. The third-order valence-corrected chi connectivity index (χ3v) is 3.76. The standard InChI is InChI=1S/C18H23NO/c1-12(2)15-6-8-16(9-7-15)19-11-10-14(5)17(13(3)4)18(19)20/h6-13H,1-5H3. The molecule has 0 spiro atoms. The van der Waals surface area contributed by atoms with Crippen LogP contribution < -0.4 is 5.56 Å². The van der Waals surface area contributed by atoms with E-state index in [0.29, 0.717) is 5.92 Å². The van der Waals surface area contributed by atoms with E-state index in [1.54, 1.807) is 4.57 Å². The minimum absolute atomic E-state index is 0.0947. The largest absolute Gasteiger partial charge is 0.284 e.